The second kappa shape index (κ2) is 7.41. The van der Waals surface area contributed by atoms with E-state index in [0.29, 0.717) is 0 Å². The Morgan fingerprint density at radius 3 is 1.96 bits per heavy atom. The molecule has 122 valence electrons. The van der Waals surface area contributed by atoms with Crippen molar-refractivity contribution >= 4 is 11.8 Å². The molecule has 0 aliphatic rings. The summed E-state index contributed by atoms with van der Waals surface area (Å²) in [6.45, 7) is 0. The van der Waals surface area contributed by atoms with E-state index in [4.69, 9.17) is 0 Å². The SMILES string of the molecule is c1ccc(-c2ccc(SCc3ncc(-c4ccccc4)[nH]3)cc2)cc1. The lowest BCUT2D eigenvalue weighted by atomic mass is 10.1. The summed E-state index contributed by atoms with van der Waals surface area (Å²) < 4.78 is 0. The molecule has 1 heterocycles. The molecule has 0 atom stereocenters. The second-order valence-electron chi connectivity index (χ2n) is 5.79. The number of hydrogen-bond acceptors (Lipinski definition) is 2. The third-order valence-electron chi connectivity index (χ3n) is 4.05. The van der Waals surface area contributed by atoms with Gasteiger partial charge in [-0.15, -0.1) is 11.8 Å². The molecule has 1 aromatic heterocycles. The number of hydrogen-bond donors (Lipinski definition) is 1. The first kappa shape index (κ1) is 15.7. The van der Waals surface area contributed by atoms with Crippen LogP contribution in [0.1, 0.15) is 5.82 Å². The number of nitrogens with one attached hydrogen (secondary N) is 1. The van der Waals surface area contributed by atoms with Crippen molar-refractivity contribution in [2.45, 2.75) is 10.6 Å². The predicted octanol–water partition coefficient (Wildman–Crippen LogP) is 6.04. The number of H-pyrrole nitrogens is 1. The summed E-state index contributed by atoms with van der Waals surface area (Å²) in [6.07, 6.45) is 1.91. The van der Waals surface area contributed by atoms with Crippen LogP contribution in [-0.4, -0.2) is 9.97 Å². The van der Waals surface area contributed by atoms with Gasteiger partial charge in [0.25, 0.3) is 0 Å². The smallest absolute Gasteiger partial charge is 0.116 e. The lowest BCUT2D eigenvalue weighted by molar-refractivity contribution is 1.12. The van der Waals surface area contributed by atoms with Crippen LogP contribution in [0.4, 0.5) is 0 Å². The number of imidazole rings is 1. The van der Waals surface area contributed by atoms with Crippen LogP contribution in [0.15, 0.2) is 96.0 Å². The van der Waals surface area contributed by atoms with Crippen molar-refractivity contribution in [3.63, 3.8) is 0 Å². The van der Waals surface area contributed by atoms with Crippen LogP contribution < -0.4 is 0 Å². The Hall–Kier alpha value is -2.78. The van der Waals surface area contributed by atoms with Gasteiger partial charge in [-0.2, -0.15) is 0 Å². The van der Waals surface area contributed by atoms with Crippen molar-refractivity contribution in [3.8, 4) is 22.4 Å². The van der Waals surface area contributed by atoms with Gasteiger partial charge >= 0.3 is 0 Å². The zero-order valence-electron chi connectivity index (χ0n) is 13.7. The largest absolute Gasteiger partial charge is 0.341 e. The number of nitrogens with zero attached hydrogens (tertiary/aromatic N) is 1. The maximum atomic E-state index is 4.50. The summed E-state index contributed by atoms with van der Waals surface area (Å²) in [5, 5.41) is 0. The molecule has 1 N–H and O–H groups in total. The van der Waals surface area contributed by atoms with Crippen molar-refractivity contribution in [1.29, 1.82) is 0 Å². The minimum absolute atomic E-state index is 0.831. The monoisotopic (exact) mass is 342 g/mol. The molecule has 0 spiro atoms. The standard InChI is InChI=1S/C22H18N2S/c1-3-7-17(8-4-1)18-11-13-20(14-12-18)25-16-22-23-15-21(24-22)19-9-5-2-6-10-19/h1-15H,16H2,(H,23,24). The first-order valence-corrected chi connectivity index (χ1v) is 9.25. The van der Waals surface area contributed by atoms with Crippen molar-refractivity contribution in [1.82, 2.24) is 9.97 Å². The van der Waals surface area contributed by atoms with Crippen molar-refractivity contribution in [3.05, 3.63) is 97.0 Å². The van der Waals surface area contributed by atoms with Crippen molar-refractivity contribution in [2.75, 3.05) is 0 Å². The highest BCUT2D eigenvalue weighted by molar-refractivity contribution is 7.98. The van der Waals surface area contributed by atoms with Gasteiger partial charge in [0.2, 0.25) is 0 Å². The third-order valence-corrected chi connectivity index (χ3v) is 5.07. The summed E-state index contributed by atoms with van der Waals surface area (Å²) in [6, 6.07) is 29.4. The van der Waals surface area contributed by atoms with E-state index >= 15 is 0 Å². The number of benzene rings is 3. The van der Waals surface area contributed by atoms with Crippen molar-refractivity contribution in [2.24, 2.45) is 0 Å². The Morgan fingerprint density at radius 2 is 1.28 bits per heavy atom. The van der Waals surface area contributed by atoms with Gasteiger partial charge < -0.3 is 4.98 Å². The molecule has 0 saturated heterocycles. The fourth-order valence-electron chi connectivity index (χ4n) is 2.73. The Balaban J connectivity index is 1.41. The van der Waals surface area contributed by atoms with Gasteiger partial charge in [0.15, 0.2) is 0 Å². The van der Waals surface area contributed by atoms with E-state index < -0.39 is 0 Å². The van der Waals surface area contributed by atoms with E-state index in [1.54, 1.807) is 11.8 Å². The van der Waals surface area contributed by atoms with Crippen LogP contribution in [0.25, 0.3) is 22.4 Å². The highest BCUT2D eigenvalue weighted by Gasteiger charge is 2.04. The number of thioether (sulfide) groups is 1. The molecule has 4 aromatic rings. The third kappa shape index (κ3) is 3.83. The predicted molar refractivity (Wildman–Crippen MR) is 105 cm³/mol. The summed E-state index contributed by atoms with van der Waals surface area (Å²) in [4.78, 5) is 9.15. The molecule has 25 heavy (non-hydrogen) atoms. The van der Waals surface area contributed by atoms with E-state index in [-0.39, 0.29) is 0 Å². The highest BCUT2D eigenvalue weighted by Crippen LogP contribution is 2.26. The average Bonchev–Trinajstić information content (AvgIpc) is 3.17. The molecule has 0 unspecified atom stereocenters. The molecule has 0 amide bonds. The topological polar surface area (TPSA) is 28.7 Å². The minimum Gasteiger partial charge on any atom is -0.341 e. The molecule has 3 heteroatoms. The molecule has 3 aromatic carbocycles. The van der Waals surface area contributed by atoms with Crippen LogP contribution in [0.2, 0.25) is 0 Å². The van der Waals surface area contributed by atoms with Crippen LogP contribution in [0.3, 0.4) is 0 Å². The molecule has 0 radical (unpaired) electrons. The molecule has 0 bridgehead atoms. The Morgan fingerprint density at radius 1 is 0.680 bits per heavy atom. The molecule has 4 rings (SSSR count). The van der Waals surface area contributed by atoms with Gasteiger partial charge in [-0.1, -0.05) is 72.8 Å². The van der Waals surface area contributed by atoms with E-state index in [1.807, 2.05) is 30.5 Å². The molecule has 2 nitrogen and oxygen atoms in total. The number of rotatable bonds is 5. The number of aromatic amines is 1. The maximum Gasteiger partial charge on any atom is 0.116 e. The van der Waals surface area contributed by atoms with Gasteiger partial charge in [-0.05, 0) is 28.8 Å². The quantitative estimate of drug-likeness (QED) is 0.448. The van der Waals surface area contributed by atoms with Gasteiger partial charge in [-0.3, -0.25) is 0 Å². The first-order chi connectivity index (χ1) is 12.4. The Bertz CT molecular complexity index is 929. The molecular formula is C22H18N2S. The highest BCUT2D eigenvalue weighted by atomic mass is 32.2. The minimum atomic E-state index is 0.831. The fourth-order valence-corrected chi connectivity index (χ4v) is 3.50. The zero-order valence-corrected chi connectivity index (χ0v) is 14.5. The second-order valence-corrected chi connectivity index (χ2v) is 6.84. The van der Waals surface area contributed by atoms with Crippen LogP contribution in [0.5, 0.6) is 0 Å². The van der Waals surface area contributed by atoms with Gasteiger partial charge in [-0.25, -0.2) is 4.98 Å². The number of aromatic nitrogens is 2. The lowest BCUT2D eigenvalue weighted by Gasteiger charge is -2.04. The summed E-state index contributed by atoms with van der Waals surface area (Å²) >= 11 is 1.79. The first-order valence-electron chi connectivity index (χ1n) is 8.26. The normalized spacial score (nSPS) is 10.7. The maximum absolute atomic E-state index is 4.50. The van der Waals surface area contributed by atoms with Crippen LogP contribution in [0, 0.1) is 0 Å². The van der Waals surface area contributed by atoms with Crippen LogP contribution >= 0.6 is 11.8 Å². The fraction of sp³-hybridized carbons (Fsp3) is 0.0455. The van der Waals surface area contributed by atoms with E-state index in [2.05, 4.69) is 70.6 Å². The molecule has 0 saturated carbocycles. The summed E-state index contributed by atoms with van der Waals surface area (Å²) in [5.41, 5.74) is 4.72. The van der Waals surface area contributed by atoms with Gasteiger partial charge in [0.05, 0.1) is 17.6 Å². The Kier molecular flexibility index (Phi) is 4.66. The summed E-state index contributed by atoms with van der Waals surface area (Å²) in [7, 11) is 0. The molecular weight excluding hydrogens is 324 g/mol. The van der Waals surface area contributed by atoms with Gasteiger partial charge in [0.1, 0.15) is 5.82 Å². The average molecular weight is 342 g/mol. The zero-order chi connectivity index (χ0) is 16.9. The Labute approximate surface area is 152 Å². The van der Waals surface area contributed by atoms with Crippen molar-refractivity contribution < 1.29 is 0 Å². The summed E-state index contributed by atoms with van der Waals surface area (Å²) in [5.74, 6) is 1.83. The molecule has 0 fully saturated rings. The van der Waals surface area contributed by atoms with E-state index in [9.17, 15) is 0 Å². The van der Waals surface area contributed by atoms with Gasteiger partial charge in [0, 0.05) is 4.90 Å². The molecule has 0 aliphatic carbocycles. The van der Waals surface area contributed by atoms with E-state index in [1.165, 1.54) is 21.6 Å². The lowest BCUT2D eigenvalue weighted by Crippen LogP contribution is -1.84. The van der Waals surface area contributed by atoms with Crippen LogP contribution in [-0.2, 0) is 5.75 Å². The molecule has 0 aliphatic heterocycles. The van der Waals surface area contributed by atoms with E-state index in [0.717, 1.165) is 17.3 Å².